The molecule has 2 aliphatic rings. The summed E-state index contributed by atoms with van der Waals surface area (Å²) in [5, 5.41) is 66.1. The minimum absolute atomic E-state index is 0.0250. The number of nitrogens with one attached hydrogen (secondary N) is 5. The smallest absolute Gasteiger partial charge is 0.303 e. The number of rotatable bonds is 13. The average molecular weight is 1360 g/mol. The summed E-state index contributed by atoms with van der Waals surface area (Å²) >= 11 is 6.74. The SMILES string of the molecule is Cc1sc2nc1C(=O)N[C@@H]([C@H](O)c1ccccc1)c1nc(cs1)C(=O)N[C@@H](Cc1ccc(O)cc1)C(=O)NCC(=O)N1C[C@H](O)[C@H](C)[C@H]1c1nc(cs1)-c1nc(cs1)-c1nc(-c3nc(C(=O)NCCCCC(=O)O)cs3)ccc1-c1nc(cs1)C(=O)N[C@H]2CC(N)=O. The number of aromatic hydroxyl groups is 1. The molecule has 1 saturated heterocycles. The molecular weight excluding hydrogens is 1300 g/mol. The van der Waals surface area contributed by atoms with Crippen LogP contribution in [0, 0.1) is 12.8 Å². The van der Waals surface area contributed by atoms with E-state index in [2.05, 4.69) is 41.5 Å². The van der Waals surface area contributed by atoms with Gasteiger partial charge in [0.1, 0.15) is 93.8 Å². The summed E-state index contributed by atoms with van der Waals surface area (Å²) in [4.78, 5) is 144. The van der Waals surface area contributed by atoms with Gasteiger partial charge in [-0.15, -0.1) is 68.0 Å². The Morgan fingerprint density at radius 2 is 1.36 bits per heavy atom. The van der Waals surface area contributed by atoms with Crippen molar-refractivity contribution in [2.45, 2.75) is 82.3 Å². The van der Waals surface area contributed by atoms with E-state index in [0.29, 0.717) is 77.2 Å². The van der Waals surface area contributed by atoms with Crippen molar-refractivity contribution >= 4 is 115 Å². The number of benzene rings is 2. The molecule has 0 radical (unpaired) electrons. The fourth-order valence-corrected chi connectivity index (χ4v) is 15.5. The number of aliphatic hydroxyl groups excluding tert-OH is 2. The van der Waals surface area contributed by atoms with E-state index in [4.69, 9.17) is 30.8 Å². The van der Waals surface area contributed by atoms with E-state index in [1.165, 1.54) is 61.8 Å². The lowest BCUT2D eigenvalue weighted by Gasteiger charge is -2.25. The zero-order chi connectivity index (χ0) is 64.9. The number of phenolic OH excluding ortho intramolecular Hbond substituents is 1. The molecule has 7 aromatic heterocycles. The van der Waals surface area contributed by atoms with E-state index in [1.54, 1.807) is 84.6 Å². The Bertz CT molecular complexity index is 4260. The number of thiazole rings is 6. The number of hydrogen-bond donors (Lipinski definition) is 10. The topological polar surface area (TPSA) is 397 Å². The molecule has 10 bridgehead atoms. The van der Waals surface area contributed by atoms with Gasteiger partial charge in [0.05, 0.1) is 36.8 Å². The van der Waals surface area contributed by atoms with E-state index in [9.17, 15) is 53.7 Å². The van der Waals surface area contributed by atoms with Crippen molar-refractivity contribution in [3.05, 3.63) is 147 Å². The van der Waals surface area contributed by atoms with Crippen molar-refractivity contribution < 1.29 is 58.8 Å². The first kappa shape index (κ1) is 64.4. The summed E-state index contributed by atoms with van der Waals surface area (Å²) in [6.07, 6.45) is -2.12. The molecule has 0 aliphatic carbocycles. The highest BCUT2D eigenvalue weighted by molar-refractivity contribution is 7.15. The van der Waals surface area contributed by atoms with Gasteiger partial charge in [-0.2, -0.15) is 0 Å². The number of phenols is 1. The number of nitrogens with zero attached hydrogens (tertiary/aromatic N) is 8. The first-order valence-corrected chi connectivity index (χ1v) is 33.7. The lowest BCUT2D eigenvalue weighted by molar-refractivity contribution is -0.137. The molecule has 9 heterocycles. The molecule has 0 spiro atoms. The second-order valence-corrected chi connectivity index (χ2v) is 27.0. The summed E-state index contributed by atoms with van der Waals surface area (Å²) in [5.41, 5.74) is 8.40. The summed E-state index contributed by atoms with van der Waals surface area (Å²) in [6.45, 7) is 3.02. The van der Waals surface area contributed by atoms with Crippen LogP contribution in [-0.2, 0) is 25.6 Å². The largest absolute Gasteiger partial charge is 0.508 e. The standard InChI is InChI=1S/C60H56N14O12S6/c1-27-41(76)21-74-43(78)20-63-50(82)34(18-29-11-13-31(75)14-12-29)65-52(84)39-25-90-59(70-39)47(49(81)30-8-4-3-5-9-30)72-54(86)45-28(2)92-58(73-45)35(19-42(61)77)66-53(85)38-24-87-55(68-38)32-15-16-33(56-69-37(23-89-56)51(83)62-17-7-6-10-44(79)80)64-46(32)36-22-88-57(67-36)40-26-91-60(71-40)48(27)74/h3-5,8-9,11-16,22-27,34-35,41,47-49,75-76,81H,6-7,10,17-21H2,1-2H3,(H2,61,77)(H,62,83)(H,63,82)(H,65,84)(H,66,85)(H,72,86)(H,79,80)/t27-,34-,35-,41-,47-,48-,49+/m0/s1. The van der Waals surface area contributed by atoms with Gasteiger partial charge in [-0.05, 0) is 55.2 Å². The Kier molecular flexibility index (Phi) is 19.7. The number of amides is 7. The van der Waals surface area contributed by atoms with Gasteiger partial charge in [-0.25, -0.2) is 34.9 Å². The van der Waals surface area contributed by atoms with Gasteiger partial charge in [0.25, 0.3) is 23.6 Å². The van der Waals surface area contributed by atoms with Crippen molar-refractivity contribution in [3.8, 4) is 49.1 Å². The number of primary amides is 1. The number of aliphatic carboxylic acids is 1. The first-order chi connectivity index (χ1) is 44.2. The quantitative estimate of drug-likeness (QED) is 0.0559. The monoisotopic (exact) mass is 1360 g/mol. The number of unbranched alkanes of at least 4 members (excludes halogenated alkanes) is 1. The molecule has 11 N–H and O–H groups in total. The summed E-state index contributed by atoms with van der Waals surface area (Å²) in [6, 6.07) is 13.3. The Hall–Kier alpha value is -9.15. The third-order valence-electron chi connectivity index (χ3n) is 15.0. The summed E-state index contributed by atoms with van der Waals surface area (Å²) < 4.78 is 0. The number of nitrogens with two attached hydrogens (primary N) is 1. The molecule has 474 valence electrons. The number of aryl methyl sites for hydroxylation is 1. The maximum Gasteiger partial charge on any atom is 0.303 e. The Morgan fingerprint density at radius 3 is 2.12 bits per heavy atom. The molecule has 9 aromatic rings. The number of fused-ring (bicyclic) bond motifs is 16. The molecule has 32 heteroatoms. The third-order valence-corrected chi connectivity index (χ3v) is 20.6. The van der Waals surface area contributed by atoms with E-state index < -0.39 is 103 Å². The number of hydrogen-bond acceptors (Lipinski definition) is 24. The van der Waals surface area contributed by atoms with Crippen LogP contribution in [0.5, 0.6) is 5.75 Å². The maximum absolute atomic E-state index is 14.5. The molecule has 2 aliphatic heterocycles. The molecule has 11 rings (SSSR count). The van der Waals surface area contributed by atoms with E-state index in [1.807, 2.05) is 0 Å². The maximum atomic E-state index is 14.5. The lowest BCUT2D eigenvalue weighted by atomic mass is 10.0. The van der Waals surface area contributed by atoms with Gasteiger partial charge in [0.15, 0.2) is 0 Å². The Labute approximate surface area is 547 Å². The summed E-state index contributed by atoms with van der Waals surface area (Å²) in [7, 11) is 0. The zero-order valence-corrected chi connectivity index (χ0v) is 53.5. The van der Waals surface area contributed by atoms with Crippen LogP contribution in [0.2, 0.25) is 0 Å². The molecule has 92 heavy (non-hydrogen) atoms. The number of pyridine rings is 1. The van der Waals surface area contributed by atoms with Crippen LogP contribution in [0.15, 0.2) is 93.6 Å². The molecule has 26 nitrogen and oxygen atoms in total. The molecular formula is C60H56N14O12S6. The molecule has 0 unspecified atom stereocenters. The highest BCUT2D eigenvalue weighted by Crippen LogP contribution is 2.42. The fourth-order valence-electron chi connectivity index (χ4n) is 10.2. The number of carbonyl (C=O) groups excluding carboxylic acids is 7. The van der Waals surface area contributed by atoms with Crippen LogP contribution in [0.3, 0.4) is 0 Å². The van der Waals surface area contributed by atoms with Crippen LogP contribution in [0.1, 0.15) is 130 Å². The van der Waals surface area contributed by atoms with Gasteiger partial charge in [0, 0.05) is 69.2 Å². The van der Waals surface area contributed by atoms with Crippen molar-refractivity contribution in [1.82, 2.24) is 66.4 Å². The predicted molar refractivity (Wildman–Crippen MR) is 343 cm³/mol. The van der Waals surface area contributed by atoms with Crippen molar-refractivity contribution in [3.63, 3.8) is 0 Å². The van der Waals surface area contributed by atoms with Crippen LogP contribution in [0.4, 0.5) is 0 Å². The molecule has 1 fully saturated rings. The fraction of sp³-hybridized carbons (Fsp3) is 0.283. The molecule has 7 atom stereocenters. The van der Waals surface area contributed by atoms with Crippen molar-refractivity contribution in [2.24, 2.45) is 11.7 Å². The van der Waals surface area contributed by atoms with Gasteiger partial charge in [0.2, 0.25) is 17.7 Å². The van der Waals surface area contributed by atoms with Crippen molar-refractivity contribution in [1.29, 1.82) is 0 Å². The van der Waals surface area contributed by atoms with Crippen molar-refractivity contribution in [2.75, 3.05) is 19.6 Å². The number of carboxylic acids is 1. The van der Waals surface area contributed by atoms with E-state index in [-0.39, 0.29) is 64.5 Å². The molecule has 7 amide bonds. The zero-order valence-electron chi connectivity index (χ0n) is 48.6. The van der Waals surface area contributed by atoms with Crippen LogP contribution >= 0.6 is 68.0 Å². The minimum atomic E-state index is -1.44. The van der Waals surface area contributed by atoms with Crippen LogP contribution in [0.25, 0.3) is 43.4 Å². The second-order valence-electron chi connectivity index (χ2n) is 21.4. The lowest BCUT2D eigenvalue weighted by Crippen LogP contribution is -2.50. The minimum Gasteiger partial charge on any atom is -0.508 e. The highest BCUT2D eigenvalue weighted by Gasteiger charge is 2.44. The number of aliphatic hydroxyl groups is 2. The summed E-state index contributed by atoms with van der Waals surface area (Å²) in [5.74, 6) is -6.32. The molecule has 0 saturated carbocycles. The average Bonchev–Trinajstić information content (AvgIpc) is 1.70. The second kappa shape index (κ2) is 28.2. The van der Waals surface area contributed by atoms with Crippen LogP contribution < -0.4 is 32.3 Å². The number of carbonyl (C=O) groups is 8. The Morgan fingerprint density at radius 1 is 0.696 bits per heavy atom. The van der Waals surface area contributed by atoms with E-state index >= 15 is 0 Å². The van der Waals surface area contributed by atoms with Gasteiger partial charge in [-0.1, -0.05) is 49.4 Å². The van der Waals surface area contributed by atoms with E-state index in [0.717, 1.165) is 34.0 Å². The van der Waals surface area contributed by atoms with Crippen LogP contribution in [-0.4, -0.2) is 139 Å². The van der Waals surface area contributed by atoms with Gasteiger partial charge < -0.3 is 57.6 Å². The highest BCUT2D eigenvalue weighted by atomic mass is 32.1. The van der Waals surface area contributed by atoms with Gasteiger partial charge >= 0.3 is 5.97 Å². The predicted octanol–water partition coefficient (Wildman–Crippen LogP) is 6.39. The Balaban J connectivity index is 0.961. The van der Waals surface area contributed by atoms with Gasteiger partial charge in [-0.3, -0.25) is 38.4 Å². The normalized spacial score (nSPS) is 19.3. The number of aromatic nitrogens is 7. The molecule has 2 aromatic carbocycles. The number of carboxylic acid groups (broad SMARTS) is 1. The first-order valence-electron chi connectivity index (χ1n) is 28.5. The third kappa shape index (κ3) is 14.6.